The summed E-state index contributed by atoms with van der Waals surface area (Å²) in [6.07, 6.45) is 3.69. The number of nitrogens with one attached hydrogen (secondary N) is 1. The summed E-state index contributed by atoms with van der Waals surface area (Å²) in [6.45, 7) is 0. The number of benzene rings is 2. The summed E-state index contributed by atoms with van der Waals surface area (Å²) in [5, 5.41) is 17.1. The number of aromatic carboxylic acids is 1. The van der Waals surface area contributed by atoms with Crippen molar-refractivity contribution < 1.29 is 19.4 Å². The molecule has 0 aliphatic heterocycles. The zero-order valence-corrected chi connectivity index (χ0v) is 13.2. The molecule has 0 amide bonds. The Bertz CT molecular complexity index is 928. The van der Waals surface area contributed by atoms with Crippen molar-refractivity contribution in [3.8, 4) is 11.5 Å². The van der Waals surface area contributed by atoms with Gasteiger partial charge in [-0.05, 0) is 35.9 Å². The number of carboxylic acids is 1. The van der Waals surface area contributed by atoms with Gasteiger partial charge in [0.2, 0.25) is 0 Å². The molecule has 0 aliphatic rings. The average Bonchev–Trinajstić information content (AvgIpc) is 3.02. The normalized spacial score (nSPS) is 11.1. The van der Waals surface area contributed by atoms with E-state index in [0.29, 0.717) is 22.3 Å². The molecule has 3 rings (SSSR count). The number of nitrogens with zero attached hydrogens (tertiary/aromatic N) is 1. The van der Waals surface area contributed by atoms with Crippen molar-refractivity contribution in [2.45, 2.75) is 0 Å². The number of hydrogen-bond acceptors (Lipinski definition) is 4. The lowest BCUT2D eigenvalue weighted by Gasteiger charge is -2.06. The van der Waals surface area contributed by atoms with Gasteiger partial charge in [0, 0.05) is 0 Å². The van der Waals surface area contributed by atoms with Crippen molar-refractivity contribution in [2.75, 3.05) is 14.2 Å². The van der Waals surface area contributed by atoms with Crippen LogP contribution in [0.5, 0.6) is 11.5 Å². The fourth-order valence-corrected chi connectivity index (χ4v) is 2.53. The maximum Gasteiger partial charge on any atom is 0.339 e. The van der Waals surface area contributed by atoms with E-state index in [1.54, 1.807) is 13.2 Å². The molecule has 3 aromatic rings. The second-order valence-electron chi connectivity index (χ2n) is 5.09. The smallest absolute Gasteiger partial charge is 0.339 e. The van der Waals surface area contributed by atoms with Crippen LogP contribution in [0.15, 0.2) is 36.4 Å². The maximum atomic E-state index is 11.4. The third-order valence-corrected chi connectivity index (χ3v) is 3.67. The first-order valence-electron chi connectivity index (χ1n) is 7.24. The molecule has 1 heterocycles. The number of aromatic nitrogens is 2. The number of carbonyl (C=O) groups is 1. The Morgan fingerprint density at radius 3 is 2.71 bits per heavy atom. The number of fused-ring (bicyclic) bond motifs is 1. The van der Waals surface area contributed by atoms with Gasteiger partial charge in [-0.3, -0.25) is 5.10 Å². The molecule has 1 aromatic heterocycles. The van der Waals surface area contributed by atoms with Gasteiger partial charge in [0.05, 0.1) is 30.8 Å². The van der Waals surface area contributed by atoms with Gasteiger partial charge in [-0.15, -0.1) is 0 Å². The van der Waals surface area contributed by atoms with Gasteiger partial charge in [-0.25, -0.2) is 4.79 Å². The molecule has 2 N–H and O–H groups in total. The lowest BCUT2D eigenvalue weighted by molar-refractivity contribution is 0.0693. The van der Waals surface area contributed by atoms with Crippen molar-refractivity contribution in [3.05, 3.63) is 53.2 Å². The van der Waals surface area contributed by atoms with Crippen molar-refractivity contribution in [1.29, 1.82) is 0 Å². The van der Waals surface area contributed by atoms with Gasteiger partial charge < -0.3 is 14.6 Å². The molecule has 0 atom stereocenters. The first-order valence-corrected chi connectivity index (χ1v) is 7.24. The van der Waals surface area contributed by atoms with Crippen LogP contribution in [-0.4, -0.2) is 35.5 Å². The second kappa shape index (κ2) is 6.45. The number of hydrogen-bond donors (Lipinski definition) is 2. The van der Waals surface area contributed by atoms with Gasteiger partial charge in [0.15, 0.2) is 0 Å². The molecule has 24 heavy (non-hydrogen) atoms. The summed E-state index contributed by atoms with van der Waals surface area (Å²) in [6, 6.07) is 10.8. The second-order valence-corrected chi connectivity index (χ2v) is 5.09. The maximum absolute atomic E-state index is 11.4. The predicted octanol–water partition coefficient (Wildman–Crippen LogP) is 3.45. The van der Waals surface area contributed by atoms with Crippen LogP contribution in [0.25, 0.3) is 23.1 Å². The Morgan fingerprint density at radius 2 is 2.00 bits per heavy atom. The summed E-state index contributed by atoms with van der Waals surface area (Å²) in [5.41, 5.74) is 2.36. The minimum atomic E-state index is -1.04. The minimum absolute atomic E-state index is 0.0995. The Kier molecular flexibility index (Phi) is 4.20. The summed E-state index contributed by atoms with van der Waals surface area (Å²) in [4.78, 5) is 11.4. The van der Waals surface area contributed by atoms with E-state index < -0.39 is 5.97 Å². The van der Waals surface area contributed by atoms with Gasteiger partial charge in [-0.2, -0.15) is 5.10 Å². The highest BCUT2D eigenvalue weighted by Gasteiger charge is 2.17. The summed E-state index contributed by atoms with van der Waals surface area (Å²) < 4.78 is 10.5. The lowest BCUT2D eigenvalue weighted by atomic mass is 10.1. The molecule has 0 fully saturated rings. The first kappa shape index (κ1) is 15.6. The fraction of sp³-hybridized carbons (Fsp3) is 0.111. The van der Waals surface area contributed by atoms with Gasteiger partial charge >= 0.3 is 5.97 Å². The standard InChI is InChI=1S/C18H16N2O4/c1-23-12-5-3-4-11(10-12)6-8-14-16-15(20-19-14)9-7-13(18(21)22)17(16)24-2/h3-10H,1-2H3,(H,19,20)(H,21,22)/b8-6+. The number of aromatic amines is 1. The molecular formula is C18H16N2O4. The van der Waals surface area contributed by atoms with Crippen LogP contribution in [-0.2, 0) is 0 Å². The van der Waals surface area contributed by atoms with Crippen molar-refractivity contribution in [2.24, 2.45) is 0 Å². The van der Waals surface area contributed by atoms with E-state index in [1.807, 2.05) is 36.4 Å². The predicted molar refractivity (Wildman–Crippen MR) is 91.5 cm³/mol. The average molecular weight is 324 g/mol. The first-order chi connectivity index (χ1) is 11.6. The van der Waals surface area contributed by atoms with Crippen LogP contribution in [0.2, 0.25) is 0 Å². The van der Waals surface area contributed by atoms with Crippen molar-refractivity contribution in [3.63, 3.8) is 0 Å². The number of methoxy groups -OCH3 is 2. The highest BCUT2D eigenvalue weighted by atomic mass is 16.5. The van der Waals surface area contributed by atoms with Gasteiger partial charge in [0.25, 0.3) is 0 Å². The monoisotopic (exact) mass is 324 g/mol. The molecular weight excluding hydrogens is 308 g/mol. The summed E-state index contributed by atoms with van der Waals surface area (Å²) in [7, 11) is 3.06. The molecule has 0 spiro atoms. The number of ether oxygens (including phenoxy) is 2. The Balaban J connectivity index is 2.07. The van der Waals surface area contributed by atoms with E-state index in [4.69, 9.17) is 9.47 Å². The molecule has 2 aromatic carbocycles. The van der Waals surface area contributed by atoms with Crippen LogP contribution in [0, 0.1) is 0 Å². The Hall–Kier alpha value is -3.28. The zero-order chi connectivity index (χ0) is 17.1. The highest BCUT2D eigenvalue weighted by molar-refractivity contribution is 6.02. The molecule has 0 radical (unpaired) electrons. The third-order valence-electron chi connectivity index (χ3n) is 3.67. The van der Waals surface area contributed by atoms with E-state index >= 15 is 0 Å². The molecule has 0 saturated heterocycles. The van der Waals surface area contributed by atoms with E-state index in [0.717, 1.165) is 11.3 Å². The van der Waals surface area contributed by atoms with Crippen molar-refractivity contribution >= 4 is 29.0 Å². The van der Waals surface area contributed by atoms with E-state index in [1.165, 1.54) is 13.2 Å². The summed E-state index contributed by atoms with van der Waals surface area (Å²) >= 11 is 0. The number of H-pyrrole nitrogens is 1. The number of rotatable bonds is 5. The molecule has 0 aliphatic carbocycles. The van der Waals surface area contributed by atoms with Crippen LogP contribution in [0.3, 0.4) is 0 Å². The molecule has 0 saturated carbocycles. The lowest BCUT2D eigenvalue weighted by Crippen LogP contribution is -2.00. The van der Waals surface area contributed by atoms with Gasteiger partial charge in [0.1, 0.15) is 17.1 Å². The topological polar surface area (TPSA) is 84.4 Å². The van der Waals surface area contributed by atoms with E-state index in [-0.39, 0.29) is 5.56 Å². The van der Waals surface area contributed by atoms with Crippen LogP contribution in [0.1, 0.15) is 21.6 Å². The minimum Gasteiger partial charge on any atom is -0.497 e. The molecule has 6 nitrogen and oxygen atoms in total. The fourth-order valence-electron chi connectivity index (χ4n) is 2.53. The molecule has 6 heteroatoms. The highest BCUT2D eigenvalue weighted by Crippen LogP contribution is 2.32. The van der Waals surface area contributed by atoms with Crippen LogP contribution in [0.4, 0.5) is 0 Å². The van der Waals surface area contributed by atoms with Crippen molar-refractivity contribution in [1.82, 2.24) is 10.2 Å². The zero-order valence-electron chi connectivity index (χ0n) is 13.2. The Labute approximate surface area is 138 Å². The SMILES string of the molecule is COc1cccc(/C=C/c2n[nH]c3ccc(C(=O)O)c(OC)c23)c1. The van der Waals surface area contributed by atoms with Crippen LogP contribution < -0.4 is 9.47 Å². The van der Waals surface area contributed by atoms with Gasteiger partial charge in [-0.1, -0.05) is 18.2 Å². The molecule has 0 bridgehead atoms. The quantitative estimate of drug-likeness (QED) is 0.751. The molecule has 122 valence electrons. The van der Waals surface area contributed by atoms with Crippen LogP contribution >= 0.6 is 0 Å². The number of carboxylic acid groups (broad SMARTS) is 1. The molecule has 0 unspecified atom stereocenters. The van der Waals surface area contributed by atoms with E-state index in [9.17, 15) is 9.90 Å². The largest absolute Gasteiger partial charge is 0.497 e. The Morgan fingerprint density at radius 1 is 1.17 bits per heavy atom. The van der Waals surface area contributed by atoms with E-state index in [2.05, 4.69) is 10.2 Å². The summed E-state index contributed by atoms with van der Waals surface area (Å²) in [5.74, 6) is 0.00602. The third kappa shape index (κ3) is 2.81.